The molecule has 5 nitrogen and oxygen atoms in total. The van der Waals surface area contributed by atoms with E-state index < -0.39 is 22.0 Å². The Morgan fingerprint density at radius 3 is 2.62 bits per heavy atom. The van der Waals surface area contributed by atoms with Crippen molar-refractivity contribution in [2.45, 2.75) is 17.9 Å². The van der Waals surface area contributed by atoms with Gasteiger partial charge in [0.1, 0.15) is 6.04 Å². The molecule has 1 aromatic rings. The van der Waals surface area contributed by atoms with Crippen LogP contribution in [0.4, 0.5) is 0 Å². The van der Waals surface area contributed by atoms with Crippen LogP contribution in [-0.4, -0.2) is 25.5 Å². The van der Waals surface area contributed by atoms with Crippen LogP contribution in [0.15, 0.2) is 33.6 Å². The molecule has 0 fully saturated rings. The predicted molar refractivity (Wildman–Crippen MR) is 61.6 cm³/mol. The van der Waals surface area contributed by atoms with Gasteiger partial charge in [-0.15, -0.1) is 0 Å². The number of carboxylic acids is 1. The molecule has 2 N–H and O–H groups in total. The van der Waals surface area contributed by atoms with Gasteiger partial charge in [-0.2, -0.15) is 4.72 Å². The van der Waals surface area contributed by atoms with Gasteiger partial charge >= 0.3 is 5.97 Å². The predicted octanol–water partition coefficient (Wildman–Crippen LogP) is 1.20. The van der Waals surface area contributed by atoms with Gasteiger partial charge in [0.2, 0.25) is 10.0 Å². The summed E-state index contributed by atoms with van der Waals surface area (Å²) in [4.78, 5) is 10.6. The van der Waals surface area contributed by atoms with Crippen molar-refractivity contribution in [1.82, 2.24) is 4.72 Å². The third-order valence-corrected chi connectivity index (χ3v) is 3.84. The maximum absolute atomic E-state index is 11.7. The average molecular weight is 308 g/mol. The summed E-state index contributed by atoms with van der Waals surface area (Å²) in [6.45, 7) is 1.26. The molecule has 0 bridgehead atoms. The molecule has 0 heterocycles. The molecule has 0 saturated carbocycles. The summed E-state index contributed by atoms with van der Waals surface area (Å²) in [5.74, 6) is -1.22. The fourth-order valence-corrected chi connectivity index (χ4v) is 2.78. The van der Waals surface area contributed by atoms with E-state index in [9.17, 15) is 13.2 Å². The Kier molecular flexibility index (Phi) is 4.06. The SMILES string of the molecule is C[C@H](NS(=O)(=O)c1cccc(Br)c1)C(=O)O. The summed E-state index contributed by atoms with van der Waals surface area (Å²) in [5.41, 5.74) is 0. The van der Waals surface area contributed by atoms with Crippen molar-refractivity contribution in [2.75, 3.05) is 0 Å². The molecular weight excluding hydrogens is 298 g/mol. The minimum atomic E-state index is -3.79. The first-order chi connectivity index (χ1) is 7.33. The van der Waals surface area contributed by atoms with Crippen LogP contribution in [-0.2, 0) is 14.8 Å². The van der Waals surface area contributed by atoms with E-state index >= 15 is 0 Å². The van der Waals surface area contributed by atoms with Gasteiger partial charge in [-0.3, -0.25) is 4.79 Å². The molecule has 0 spiro atoms. The van der Waals surface area contributed by atoms with Gasteiger partial charge in [0.25, 0.3) is 0 Å². The van der Waals surface area contributed by atoms with Crippen LogP contribution in [0.5, 0.6) is 0 Å². The quantitative estimate of drug-likeness (QED) is 0.875. The lowest BCUT2D eigenvalue weighted by molar-refractivity contribution is -0.138. The number of aliphatic carboxylic acids is 1. The standard InChI is InChI=1S/C9H10BrNO4S/c1-6(9(12)13)11-16(14,15)8-4-2-3-7(10)5-8/h2-6,11H,1H3,(H,12,13)/t6-/m0/s1. The Balaban J connectivity index is 2.99. The molecule has 7 heteroatoms. The summed E-state index contributed by atoms with van der Waals surface area (Å²) < 4.78 is 26.1. The summed E-state index contributed by atoms with van der Waals surface area (Å²) in [7, 11) is -3.79. The molecule has 1 atom stereocenters. The lowest BCUT2D eigenvalue weighted by Crippen LogP contribution is -2.38. The first kappa shape index (κ1) is 13.1. The molecule has 88 valence electrons. The fourth-order valence-electron chi connectivity index (χ4n) is 0.985. The second kappa shape index (κ2) is 4.94. The smallest absolute Gasteiger partial charge is 0.321 e. The number of hydrogen-bond donors (Lipinski definition) is 2. The van der Waals surface area contributed by atoms with Crippen LogP contribution < -0.4 is 4.72 Å². The van der Waals surface area contributed by atoms with Gasteiger partial charge in [-0.05, 0) is 25.1 Å². The normalized spacial score (nSPS) is 13.4. The number of carbonyl (C=O) groups is 1. The largest absolute Gasteiger partial charge is 0.480 e. The fraction of sp³-hybridized carbons (Fsp3) is 0.222. The lowest BCUT2D eigenvalue weighted by atomic mass is 10.4. The second-order valence-electron chi connectivity index (χ2n) is 3.14. The molecule has 0 aromatic heterocycles. The van der Waals surface area contributed by atoms with Crippen molar-refractivity contribution in [1.29, 1.82) is 0 Å². The highest BCUT2D eigenvalue weighted by molar-refractivity contribution is 9.10. The van der Waals surface area contributed by atoms with Gasteiger partial charge in [0.05, 0.1) is 4.90 Å². The van der Waals surface area contributed by atoms with Crippen molar-refractivity contribution >= 4 is 31.9 Å². The monoisotopic (exact) mass is 307 g/mol. The minimum absolute atomic E-state index is 0.0231. The van der Waals surface area contributed by atoms with E-state index in [2.05, 4.69) is 20.7 Å². The molecule has 0 aliphatic rings. The highest BCUT2D eigenvalue weighted by Gasteiger charge is 2.21. The van der Waals surface area contributed by atoms with Gasteiger partial charge < -0.3 is 5.11 Å². The van der Waals surface area contributed by atoms with Crippen LogP contribution in [0.2, 0.25) is 0 Å². The minimum Gasteiger partial charge on any atom is -0.480 e. The van der Waals surface area contributed by atoms with Crippen molar-refractivity contribution in [3.8, 4) is 0 Å². The third-order valence-electron chi connectivity index (χ3n) is 1.81. The van der Waals surface area contributed by atoms with Crippen LogP contribution in [0.1, 0.15) is 6.92 Å². The molecule has 1 aromatic carbocycles. The van der Waals surface area contributed by atoms with E-state index in [1.807, 2.05) is 0 Å². The summed E-state index contributed by atoms with van der Waals surface area (Å²) in [6.07, 6.45) is 0. The Bertz CT molecular complexity index is 500. The van der Waals surface area contributed by atoms with Gasteiger partial charge in [-0.1, -0.05) is 22.0 Å². The molecule has 0 unspecified atom stereocenters. The Morgan fingerprint density at radius 1 is 1.50 bits per heavy atom. The van der Waals surface area contributed by atoms with E-state index in [0.29, 0.717) is 4.47 Å². The molecule has 0 radical (unpaired) electrons. The van der Waals surface area contributed by atoms with E-state index in [1.54, 1.807) is 12.1 Å². The number of benzene rings is 1. The Morgan fingerprint density at radius 2 is 2.12 bits per heavy atom. The second-order valence-corrected chi connectivity index (χ2v) is 5.77. The van der Waals surface area contributed by atoms with Crippen LogP contribution in [0.3, 0.4) is 0 Å². The average Bonchev–Trinajstić information content (AvgIpc) is 2.17. The summed E-state index contributed by atoms with van der Waals surface area (Å²) in [5, 5.41) is 8.61. The zero-order valence-corrected chi connectivity index (χ0v) is 10.7. The van der Waals surface area contributed by atoms with Crippen LogP contribution in [0, 0.1) is 0 Å². The number of halogens is 1. The Labute approximate surface area is 102 Å². The maximum atomic E-state index is 11.7. The first-order valence-corrected chi connectivity index (χ1v) is 6.61. The van der Waals surface area contributed by atoms with E-state index in [1.165, 1.54) is 19.1 Å². The third kappa shape index (κ3) is 3.29. The molecule has 0 saturated heterocycles. The molecular formula is C9H10BrNO4S. The number of nitrogens with one attached hydrogen (secondary N) is 1. The Hall–Kier alpha value is -0.920. The van der Waals surface area contributed by atoms with Crippen molar-refractivity contribution in [3.05, 3.63) is 28.7 Å². The molecule has 0 aliphatic heterocycles. The van der Waals surface area contributed by atoms with Crippen molar-refractivity contribution in [3.63, 3.8) is 0 Å². The first-order valence-electron chi connectivity index (χ1n) is 4.33. The topological polar surface area (TPSA) is 83.5 Å². The van der Waals surface area contributed by atoms with Gasteiger partial charge in [0, 0.05) is 4.47 Å². The molecule has 1 rings (SSSR count). The number of carboxylic acid groups (broad SMARTS) is 1. The van der Waals surface area contributed by atoms with Crippen molar-refractivity contribution in [2.24, 2.45) is 0 Å². The molecule has 0 amide bonds. The van der Waals surface area contributed by atoms with E-state index in [4.69, 9.17) is 5.11 Å². The molecule has 16 heavy (non-hydrogen) atoms. The van der Waals surface area contributed by atoms with Gasteiger partial charge in [-0.25, -0.2) is 8.42 Å². The van der Waals surface area contributed by atoms with E-state index in [0.717, 1.165) is 0 Å². The lowest BCUT2D eigenvalue weighted by Gasteiger charge is -2.10. The zero-order chi connectivity index (χ0) is 12.3. The highest BCUT2D eigenvalue weighted by Crippen LogP contribution is 2.16. The number of hydrogen-bond acceptors (Lipinski definition) is 3. The zero-order valence-electron chi connectivity index (χ0n) is 8.34. The summed E-state index contributed by atoms with van der Waals surface area (Å²) in [6, 6.07) is 4.87. The number of sulfonamides is 1. The van der Waals surface area contributed by atoms with E-state index in [-0.39, 0.29) is 4.90 Å². The van der Waals surface area contributed by atoms with Crippen molar-refractivity contribution < 1.29 is 18.3 Å². The highest BCUT2D eigenvalue weighted by atomic mass is 79.9. The maximum Gasteiger partial charge on any atom is 0.321 e. The van der Waals surface area contributed by atoms with Gasteiger partial charge in [0.15, 0.2) is 0 Å². The molecule has 0 aliphatic carbocycles. The van der Waals surface area contributed by atoms with Crippen LogP contribution in [0.25, 0.3) is 0 Å². The number of rotatable bonds is 4. The van der Waals surface area contributed by atoms with Crippen LogP contribution >= 0.6 is 15.9 Å². The summed E-state index contributed by atoms with van der Waals surface area (Å²) >= 11 is 3.14.